The SMILES string of the molecule is c1ccc(CCCNc2ncnc3cc(OCCCNCCCCNc4ccnc5ccccc45)ccc23)cc1. The van der Waals surface area contributed by atoms with Gasteiger partial charge in [-0.15, -0.1) is 0 Å². The number of nitrogens with zero attached hydrogens (tertiary/aromatic N) is 3. The lowest BCUT2D eigenvalue weighted by Crippen LogP contribution is -2.19. The fourth-order valence-corrected chi connectivity index (χ4v) is 4.77. The topological polar surface area (TPSA) is 84.0 Å². The van der Waals surface area contributed by atoms with Crippen molar-refractivity contribution in [3.63, 3.8) is 0 Å². The number of hydrogen-bond acceptors (Lipinski definition) is 7. The zero-order chi connectivity index (χ0) is 27.2. The molecular formula is C33H38N6O. The molecular weight excluding hydrogens is 496 g/mol. The minimum Gasteiger partial charge on any atom is -0.493 e. The fraction of sp³-hybridized carbons (Fsp3) is 0.303. The van der Waals surface area contributed by atoms with E-state index < -0.39 is 0 Å². The quantitative estimate of drug-likeness (QED) is 0.125. The summed E-state index contributed by atoms with van der Waals surface area (Å²) in [5, 5.41) is 12.7. The Morgan fingerprint density at radius 1 is 0.625 bits per heavy atom. The largest absolute Gasteiger partial charge is 0.493 e. The van der Waals surface area contributed by atoms with Crippen molar-refractivity contribution >= 4 is 33.3 Å². The van der Waals surface area contributed by atoms with Gasteiger partial charge in [0.2, 0.25) is 0 Å². The van der Waals surface area contributed by atoms with Crippen molar-refractivity contribution in [1.82, 2.24) is 20.3 Å². The van der Waals surface area contributed by atoms with Gasteiger partial charge in [-0.25, -0.2) is 9.97 Å². The molecule has 40 heavy (non-hydrogen) atoms. The zero-order valence-electron chi connectivity index (χ0n) is 23.0. The lowest BCUT2D eigenvalue weighted by atomic mass is 10.1. The molecule has 0 atom stereocenters. The van der Waals surface area contributed by atoms with Crippen molar-refractivity contribution in [2.24, 2.45) is 0 Å². The van der Waals surface area contributed by atoms with Crippen molar-refractivity contribution < 1.29 is 4.74 Å². The molecule has 206 valence electrons. The third kappa shape index (κ3) is 7.90. The van der Waals surface area contributed by atoms with Crippen LogP contribution in [0.25, 0.3) is 21.8 Å². The summed E-state index contributed by atoms with van der Waals surface area (Å²) in [7, 11) is 0. The number of nitrogens with one attached hydrogen (secondary N) is 3. The molecule has 0 fully saturated rings. The first-order chi connectivity index (χ1) is 19.9. The number of aromatic nitrogens is 3. The molecule has 0 spiro atoms. The van der Waals surface area contributed by atoms with Gasteiger partial charge in [-0.05, 0) is 75.0 Å². The predicted octanol–water partition coefficient (Wildman–Crippen LogP) is 6.47. The van der Waals surface area contributed by atoms with Gasteiger partial charge in [0.1, 0.15) is 17.9 Å². The van der Waals surface area contributed by atoms with Crippen LogP contribution in [0.3, 0.4) is 0 Å². The van der Waals surface area contributed by atoms with Crippen LogP contribution in [0.5, 0.6) is 5.75 Å². The second-order valence-corrected chi connectivity index (χ2v) is 9.88. The molecule has 0 aliphatic carbocycles. The Morgan fingerprint density at radius 2 is 1.45 bits per heavy atom. The van der Waals surface area contributed by atoms with E-state index in [1.807, 2.05) is 42.6 Å². The first-order valence-corrected chi connectivity index (χ1v) is 14.3. The standard InChI is InChI=1S/C33H38N6O/c1-2-10-26(11-3-1)12-8-21-37-33-29-16-15-27(24-32(29)38-25-39-33)40-23-9-19-34-18-6-7-20-35-31-17-22-36-30-14-5-4-13-28(30)31/h1-5,10-11,13-17,22,24-25,34H,6-9,12,18-21,23H2,(H,35,36)(H,37,38,39). The summed E-state index contributed by atoms with van der Waals surface area (Å²) in [4.78, 5) is 13.3. The van der Waals surface area contributed by atoms with Crippen LogP contribution in [0.2, 0.25) is 0 Å². The molecule has 5 rings (SSSR count). The highest BCUT2D eigenvalue weighted by molar-refractivity contribution is 5.91. The van der Waals surface area contributed by atoms with Crippen molar-refractivity contribution in [3.05, 3.63) is 97.0 Å². The third-order valence-corrected chi connectivity index (χ3v) is 6.90. The average Bonchev–Trinajstić information content (AvgIpc) is 3.00. The van der Waals surface area contributed by atoms with Crippen molar-refractivity contribution in [1.29, 1.82) is 0 Å². The molecule has 0 saturated carbocycles. The number of unbranched alkanes of at least 4 members (excludes halogenated alkanes) is 1. The van der Waals surface area contributed by atoms with Gasteiger partial charge in [-0.3, -0.25) is 4.98 Å². The normalized spacial score (nSPS) is 11.1. The highest BCUT2D eigenvalue weighted by Crippen LogP contribution is 2.24. The second kappa shape index (κ2) is 14.8. The Kier molecular flexibility index (Phi) is 10.1. The molecule has 0 bridgehead atoms. The number of rotatable bonds is 16. The number of aryl methyl sites for hydroxylation is 1. The summed E-state index contributed by atoms with van der Waals surface area (Å²) in [6, 6.07) is 26.9. The van der Waals surface area contributed by atoms with E-state index in [9.17, 15) is 0 Å². The van der Waals surface area contributed by atoms with E-state index in [1.54, 1.807) is 6.33 Å². The average molecular weight is 535 g/mol. The minimum absolute atomic E-state index is 0.671. The molecule has 3 aromatic carbocycles. The molecule has 2 aromatic heterocycles. The fourth-order valence-electron chi connectivity index (χ4n) is 4.77. The molecule has 7 nitrogen and oxygen atoms in total. The predicted molar refractivity (Wildman–Crippen MR) is 165 cm³/mol. The van der Waals surface area contributed by atoms with Crippen molar-refractivity contribution in [2.45, 2.75) is 32.1 Å². The summed E-state index contributed by atoms with van der Waals surface area (Å²) in [6.45, 7) is 4.44. The molecule has 0 saturated heterocycles. The Balaban J connectivity index is 0.949. The highest BCUT2D eigenvalue weighted by Gasteiger charge is 2.06. The van der Waals surface area contributed by atoms with Gasteiger partial charge < -0.3 is 20.7 Å². The smallest absolute Gasteiger partial charge is 0.137 e. The van der Waals surface area contributed by atoms with Crippen LogP contribution in [0, 0.1) is 0 Å². The van der Waals surface area contributed by atoms with E-state index in [2.05, 4.69) is 73.4 Å². The maximum absolute atomic E-state index is 5.99. The molecule has 0 unspecified atom stereocenters. The Hall–Kier alpha value is -4.23. The van der Waals surface area contributed by atoms with E-state index >= 15 is 0 Å². The van der Waals surface area contributed by atoms with Crippen LogP contribution in [0.1, 0.15) is 31.2 Å². The molecule has 7 heteroatoms. The van der Waals surface area contributed by atoms with Gasteiger partial charge in [-0.2, -0.15) is 0 Å². The Morgan fingerprint density at radius 3 is 2.40 bits per heavy atom. The summed E-state index contributed by atoms with van der Waals surface area (Å²) in [5.41, 5.74) is 4.43. The molecule has 0 radical (unpaired) electrons. The third-order valence-electron chi connectivity index (χ3n) is 6.90. The van der Waals surface area contributed by atoms with Crippen molar-refractivity contribution in [2.75, 3.05) is 43.4 Å². The number of benzene rings is 3. The first kappa shape index (κ1) is 27.3. The number of hydrogen-bond donors (Lipinski definition) is 3. The van der Waals surface area contributed by atoms with Gasteiger partial charge >= 0.3 is 0 Å². The number of pyridine rings is 1. The maximum Gasteiger partial charge on any atom is 0.137 e. The number of anilines is 2. The molecule has 2 heterocycles. The van der Waals surface area contributed by atoms with Crippen LogP contribution in [0.15, 0.2) is 91.4 Å². The zero-order valence-corrected chi connectivity index (χ0v) is 23.0. The van der Waals surface area contributed by atoms with E-state index in [1.165, 1.54) is 10.9 Å². The van der Waals surface area contributed by atoms with Gasteiger partial charge in [-0.1, -0.05) is 48.5 Å². The van der Waals surface area contributed by atoms with E-state index in [-0.39, 0.29) is 0 Å². The van der Waals surface area contributed by atoms with Gasteiger partial charge in [0.25, 0.3) is 0 Å². The number of fused-ring (bicyclic) bond motifs is 2. The van der Waals surface area contributed by atoms with Gasteiger partial charge in [0.15, 0.2) is 0 Å². The van der Waals surface area contributed by atoms with E-state index in [4.69, 9.17) is 4.74 Å². The summed E-state index contributed by atoms with van der Waals surface area (Å²) < 4.78 is 5.99. The summed E-state index contributed by atoms with van der Waals surface area (Å²) >= 11 is 0. The van der Waals surface area contributed by atoms with Crippen LogP contribution in [-0.2, 0) is 6.42 Å². The van der Waals surface area contributed by atoms with Crippen LogP contribution < -0.4 is 20.7 Å². The van der Waals surface area contributed by atoms with Crippen molar-refractivity contribution in [3.8, 4) is 5.75 Å². The first-order valence-electron chi connectivity index (χ1n) is 14.3. The lowest BCUT2D eigenvalue weighted by molar-refractivity contribution is 0.308. The Bertz CT molecular complexity index is 1470. The molecule has 0 aliphatic rings. The molecule has 3 N–H and O–H groups in total. The second-order valence-electron chi connectivity index (χ2n) is 9.88. The van der Waals surface area contributed by atoms with Gasteiger partial charge in [0, 0.05) is 41.8 Å². The van der Waals surface area contributed by atoms with E-state index in [0.29, 0.717) is 6.61 Å². The number of para-hydroxylation sites is 1. The minimum atomic E-state index is 0.671. The monoisotopic (exact) mass is 534 g/mol. The molecule has 0 aliphatic heterocycles. The number of ether oxygens (including phenoxy) is 1. The van der Waals surface area contributed by atoms with Crippen LogP contribution >= 0.6 is 0 Å². The highest BCUT2D eigenvalue weighted by atomic mass is 16.5. The van der Waals surface area contributed by atoms with Gasteiger partial charge in [0.05, 0.1) is 17.6 Å². The molecule has 5 aromatic rings. The maximum atomic E-state index is 5.99. The lowest BCUT2D eigenvalue weighted by Gasteiger charge is -2.11. The summed E-state index contributed by atoms with van der Waals surface area (Å²) in [5.74, 6) is 1.72. The Labute approximate surface area is 236 Å². The summed E-state index contributed by atoms with van der Waals surface area (Å²) in [6.07, 6.45) is 8.77. The molecule has 0 amide bonds. The van der Waals surface area contributed by atoms with E-state index in [0.717, 1.165) is 92.0 Å². The van der Waals surface area contributed by atoms with Crippen LogP contribution in [0.4, 0.5) is 11.5 Å². The van der Waals surface area contributed by atoms with Crippen LogP contribution in [-0.4, -0.2) is 47.7 Å².